The molecule has 0 atom stereocenters. The number of hydrogen-bond acceptors (Lipinski definition) is 3. The molecule has 0 saturated heterocycles. The van der Waals surface area contributed by atoms with Crippen molar-refractivity contribution in [3.63, 3.8) is 0 Å². The van der Waals surface area contributed by atoms with Crippen molar-refractivity contribution < 1.29 is 14.2 Å². The highest BCUT2D eigenvalue weighted by Crippen LogP contribution is 2.33. The van der Waals surface area contributed by atoms with Crippen molar-refractivity contribution >= 4 is 0 Å². The zero-order valence-electron chi connectivity index (χ0n) is 8.47. The van der Waals surface area contributed by atoms with Gasteiger partial charge in [-0.3, -0.25) is 0 Å². The maximum atomic E-state index is 13.3. The Morgan fingerprint density at radius 1 is 1.43 bits per heavy atom. The molecule has 0 heterocycles. The Balaban J connectivity index is 3.28. The van der Waals surface area contributed by atoms with E-state index in [0.717, 1.165) is 0 Å². The maximum absolute atomic E-state index is 13.3. The summed E-state index contributed by atoms with van der Waals surface area (Å²) in [6.45, 7) is 3.46. The van der Waals surface area contributed by atoms with Crippen LogP contribution < -0.4 is 10.5 Å². The molecule has 0 radical (unpaired) electrons. The Morgan fingerprint density at radius 3 is 2.36 bits per heavy atom. The van der Waals surface area contributed by atoms with Crippen LogP contribution in [0.2, 0.25) is 0 Å². The normalized spacial score (nSPS) is 11.5. The molecular formula is C10H14FNO2. The lowest BCUT2D eigenvalue weighted by Crippen LogP contribution is -2.28. The number of aromatic hydroxyl groups is 1. The van der Waals surface area contributed by atoms with Crippen LogP contribution in [-0.2, 0) is 5.54 Å². The minimum atomic E-state index is -0.690. The summed E-state index contributed by atoms with van der Waals surface area (Å²) in [7, 11) is 1.30. The van der Waals surface area contributed by atoms with E-state index in [1.165, 1.54) is 19.2 Å². The molecule has 0 fully saturated rings. The number of halogens is 1. The summed E-state index contributed by atoms with van der Waals surface area (Å²) >= 11 is 0. The summed E-state index contributed by atoms with van der Waals surface area (Å²) in [5.41, 5.74) is 5.60. The summed E-state index contributed by atoms with van der Waals surface area (Å²) in [4.78, 5) is 0. The molecule has 0 aliphatic heterocycles. The Morgan fingerprint density at radius 2 is 2.00 bits per heavy atom. The van der Waals surface area contributed by atoms with Gasteiger partial charge in [-0.1, -0.05) is 0 Å². The van der Waals surface area contributed by atoms with Crippen molar-refractivity contribution in [2.24, 2.45) is 5.73 Å². The summed E-state index contributed by atoms with van der Waals surface area (Å²) in [5.74, 6) is -1.000. The molecule has 1 aromatic carbocycles. The van der Waals surface area contributed by atoms with Gasteiger partial charge < -0.3 is 15.6 Å². The highest BCUT2D eigenvalue weighted by atomic mass is 19.1. The van der Waals surface area contributed by atoms with Crippen molar-refractivity contribution in [2.45, 2.75) is 19.4 Å². The first kappa shape index (κ1) is 10.8. The molecule has 0 aliphatic carbocycles. The van der Waals surface area contributed by atoms with Crippen LogP contribution in [0.4, 0.5) is 4.39 Å². The van der Waals surface area contributed by atoms with Gasteiger partial charge in [0.15, 0.2) is 17.3 Å². The molecule has 14 heavy (non-hydrogen) atoms. The van der Waals surface area contributed by atoms with Crippen LogP contribution in [0.1, 0.15) is 19.4 Å². The molecule has 78 valence electrons. The van der Waals surface area contributed by atoms with E-state index in [9.17, 15) is 9.50 Å². The molecule has 1 rings (SSSR count). The zero-order valence-corrected chi connectivity index (χ0v) is 8.47. The number of phenolic OH excluding ortho intramolecular Hbond substituents is 1. The Bertz CT molecular complexity index is 321. The Kier molecular flexibility index (Phi) is 2.66. The van der Waals surface area contributed by atoms with E-state index in [-0.39, 0.29) is 11.5 Å². The lowest BCUT2D eigenvalue weighted by molar-refractivity contribution is 0.349. The van der Waals surface area contributed by atoms with Crippen LogP contribution in [0.25, 0.3) is 0 Å². The lowest BCUT2D eigenvalue weighted by atomic mass is 9.95. The van der Waals surface area contributed by atoms with Gasteiger partial charge in [-0.2, -0.15) is 0 Å². The monoisotopic (exact) mass is 199 g/mol. The first-order valence-corrected chi connectivity index (χ1v) is 4.22. The van der Waals surface area contributed by atoms with Gasteiger partial charge >= 0.3 is 0 Å². The predicted octanol–water partition coefficient (Wildman–Crippen LogP) is 1.73. The summed E-state index contributed by atoms with van der Waals surface area (Å²) in [6.07, 6.45) is 0. The largest absolute Gasteiger partial charge is 0.504 e. The first-order valence-electron chi connectivity index (χ1n) is 4.22. The van der Waals surface area contributed by atoms with Crippen LogP contribution >= 0.6 is 0 Å². The van der Waals surface area contributed by atoms with E-state index in [1.807, 2.05) is 0 Å². The van der Waals surface area contributed by atoms with E-state index >= 15 is 0 Å². The number of rotatable bonds is 2. The van der Waals surface area contributed by atoms with Crippen molar-refractivity contribution in [1.82, 2.24) is 0 Å². The minimum Gasteiger partial charge on any atom is -0.504 e. The summed E-state index contributed by atoms with van der Waals surface area (Å²) < 4.78 is 18.0. The smallest absolute Gasteiger partial charge is 0.196 e. The number of benzene rings is 1. The third kappa shape index (κ3) is 1.96. The summed E-state index contributed by atoms with van der Waals surface area (Å²) in [5, 5.41) is 9.41. The highest BCUT2D eigenvalue weighted by Gasteiger charge is 2.19. The van der Waals surface area contributed by atoms with Crippen LogP contribution in [0.3, 0.4) is 0 Å². The standard InChI is InChI=1S/C10H14FNO2/c1-10(2,12)6-4-7(11)9(14-3)8(13)5-6/h4-5,13H,12H2,1-3H3. The number of methoxy groups -OCH3 is 1. The average Bonchev–Trinajstić information content (AvgIpc) is 2.01. The average molecular weight is 199 g/mol. The zero-order chi connectivity index (χ0) is 10.9. The SMILES string of the molecule is COc1c(O)cc(C(C)(C)N)cc1F. The third-order valence-corrected chi connectivity index (χ3v) is 1.97. The number of nitrogens with two attached hydrogens (primary N) is 1. The van der Waals surface area contributed by atoms with Crippen molar-refractivity contribution in [3.8, 4) is 11.5 Å². The second-order valence-electron chi connectivity index (χ2n) is 3.73. The molecule has 0 aromatic heterocycles. The van der Waals surface area contributed by atoms with E-state index in [0.29, 0.717) is 5.56 Å². The van der Waals surface area contributed by atoms with E-state index in [1.54, 1.807) is 13.8 Å². The molecule has 1 aromatic rings. The summed E-state index contributed by atoms with van der Waals surface area (Å²) in [6, 6.07) is 2.67. The second-order valence-corrected chi connectivity index (χ2v) is 3.73. The van der Waals surface area contributed by atoms with Gasteiger partial charge in [-0.25, -0.2) is 4.39 Å². The number of hydrogen-bond donors (Lipinski definition) is 2. The highest BCUT2D eigenvalue weighted by molar-refractivity contribution is 5.44. The predicted molar refractivity (Wildman–Crippen MR) is 51.8 cm³/mol. The molecule has 0 saturated carbocycles. The molecule has 3 N–H and O–H groups in total. The fourth-order valence-electron chi connectivity index (χ4n) is 1.15. The van der Waals surface area contributed by atoms with Crippen LogP contribution in [0, 0.1) is 5.82 Å². The second kappa shape index (κ2) is 3.46. The van der Waals surface area contributed by atoms with Gasteiger partial charge in [0.05, 0.1) is 7.11 Å². The van der Waals surface area contributed by atoms with Gasteiger partial charge in [-0.15, -0.1) is 0 Å². The van der Waals surface area contributed by atoms with E-state index in [2.05, 4.69) is 4.74 Å². The van der Waals surface area contributed by atoms with Gasteiger partial charge in [-0.05, 0) is 31.5 Å². The lowest BCUT2D eigenvalue weighted by Gasteiger charge is -2.20. The molecule has 0 unspecified atom stereocenters. The molecule has 3 nitrogen and oxygen atoms in total. The van der Waals surface area contributed by atoms with Crippen molar-refractivity contribution in [1.29, 1.82) is 0 Å². The fraction of sp³-hybridized carbons (Fsp3) is 0.400. The number of ether oxygens (including phenoxy) is 1. The topological polar surface area (TPSA) is 55.5 Å². The quantitative estimate of drug-likeness (QED) is 0.762. The molecule has 0 aliphatic rings. The van der Waals surface area contributed by atoms with Crippen LogP contribution in [-0.4, -0.2) is 12.2 Å². The Labute approximate surface area is 82.3 Å². The van der Waals surface area contributed by atoms with Gasteiger partial charge in [0, 0.05) is 5.54 Å². The fourth-order valence-corrected chi connectivity index (χ4v) is 1.15. The third-order valence-electron chi connectivity index (χ3n) is 1.97. The molecule has 0 spiro atoms. The number of phenols is 1. The van der Waals surface area contributed by atoms with Gasteiger partial charge in [0.1, 0.15) is 0 Å². The molecule has 0 bridgehead atoms. The maximum Gasteiger partial charge on any atom is 0.196 e. The molecule has 0 amide bonds. The van der Waals surface area contributed by atoms with E-state index in [4.69, 9.17) is 5.73 Å². The first-order chi connectivity index (χ1) is 6.36. The molecular weight excluding hydrogens is 185 g/mol. The Hall–Kier alpha value is -1.29. The minimum absolute atomic E-state index is 0.155. The van der Waals surface area contributed by atoms with Crippen molar-refractivity contribution in [2.75, 3.05) is 7.11 Å². The van der Waals surface area contributed by atoms with Gasteiger partial charge in [0.25, 0.3) is 0 Å². The van der Waals surface area contributed by atoms with Crippen LogP contribution in [0.15, 0.2) is 12.1 Å². The van der Waals surface area contributed by atoms with E-state index < -0.39 is 11.4 Å². The molecule has 4 heteroatoms. The van der Waals surface area contributed by atoms with Crippen LogP contribution in [0.5, 0.6) is 11.5 Å². The van der Waals surface area contributed by atoms with Gasteiger partial charge in [0.2, 0.25) is 0 Å². The van der Waals surface area contributed by atoms with Crippen molar-refractivity contribution in [3.05, 3.63) is 23.5 Å².